The first-order valence-corrected chi connectivity index (χ1v) is 7.04. The van der Waals surface area contributed by atoms with E-state index < -0.39 is 0 Å². The number of anilines is 1. The third kappa shape index (κ3) is 2.18. The van der Waals surface area contributed by atoms with Gasteiger partial charge in [-0.2, -0.15) is 10.1 Å². The maximum atomic E-state index is 9.97. The van der Waals surface area contributed by atoms with Gasteiger partial charge in [-0.1, -0.05) is 12.1 Å². The number of hydrogen-bond acceptors (Lipinski definition) is 5. The predicted molar refractivity (Wildman–Crippen MR) is 86.7 cm³/mol. The second-order valence-corrected chi connectivity index (χ2v) is 5.29. The molecule has 3 aromatic heterocycles. The smallest absolute Gasteiger partial charge is 0.236 e. The normalized spacial score (nSPS) is 11.2. The van der Waals surface area contributed by atoms with E-state index in [-0.39, 0.29) is 5.75 Å². The number of rotatable bonds is 2. The van der Waals surface area contributed by atoms with Crippen LogP contribution in [0.4, 0.5) is 5.82 Å². The van der Waals surface area contributed by atoms with Gasteiger partial charge in [0.15, 0.2) is 0 Å². The second-order valence-electron chi connectivity index (χ2n) is 5.29. The Balaban J connectivity index is 1.88. The van der Waals surface area contributed by atoms with Crippen LogP contribution in [-0.2, 0) is 7.05 Å². The van der Waals surface area contributed by atoms with E-state index in [1.165, 1.54) is 0 Å². The molecule has 0 atom stereocenters. The molecule has 0 unspecified atom stereocenters. The van der Waals surface area contributed by atoms with Crippen molar-refractivity contribution in [3.63, 3.8) is 0 Å². The molecular weight excluding hydrogens is 292 g/mol. The summed E-state index contributed by atoms with van der Waals surface area (Å²) in [5.74, 6) is 1.05. The number of phenolic OH excluding ortho intramolecular Hbond substituents is 1. The Morgan fingerprint density at radius 2 is 1.87 bits per heavy atom. The molecule has 1 aromatic carbocycles. The van der Waals surface area contributed by atoms with E-state index in [2.05, 4.69) is 15.1 Å². The highest BCUT2D eigenvalue weighted by Crippen LogP contribution is 2.29. The van der Waals surface area contributed by atoms with Gasteiger partial charge in [0.05, 0.1) is 11.9 Å². The van der Waals surface area contributed by atoms with Gasteiger partial charge < -0.3 is 10.8 Å². The van der Waals surface area contributed by atoms with Gasteiger partial charge in [0, 0.05) is 42.3 Å². The lowest BCUT2D eigenvalue weighted by atomic mass is 10.1. The van der Waals surface area contributed by atoms with Crippen molar-refractivity contribution in [3.8, 4) is 28.1 Å². The molecule has 3 N–H and O–H groups in total. The topological polar surface area (TPSA) is 94.3 Å². The van der Waals surface area contributed by atoms with E-state index in [0.717, 1.165) is 11.1 Å². The fourth-order valence-electron chi connectivity index (χ4n) is 2.54. The fourth-order valence-corrected chi connectivity index (χ4v) is 2.54. The number of nitrogen functional groups attached to an aromatic ring is 1. The van der Waals surface area contributed by atoms with Crippen LogP contribution in [0.5, 0.6) is 5.75 Å². The molecule has 0 fully saturated rings. The van der Waals surface area contributed by atoms with Crippen molar-refractivity contribution in [2.45, 2.75) is 0 Å². The maximum absolute atomic E-state index is 9.97. The molecule has 0 bridgehead atoms. The zero-order valence-corrected chi connectivity index (χ0v) is 12.4. The van der Waals surface area contributed by atoms with E-state index in [1.807, 2.05) is 37.8 Å². The fraction of sp³-hybridized carbons (Fsp3) is 0.0625. The summed E-state index contributed by atoms with van der Waals surface area (Å²) in [6.45, 7) is 0. The van der Waals surface area contributed by atoms with Gasteiger partial charge >= 0.3 is 0 Å². The van der Waals surface area contributed by atoms with Gasteiger partial charge in [0.25, 0.3) is 0 Å². The molecule has 0 amide bonds. The van der Waals surface area contributed by atoms with Crippen LogP contribution in [0.25, 0.3) is 28.2 Å². The van der Waals surface area contributed by atoms with Crippen molar-refractivity contribution in [3.05, 3.63) is 49.1 Å². The number of aromatic hydroxyl groups is 1. The number of hydrogen-bond donors (Lipinski definition) is 2. The van der Waals surface area contributed by atoms with Crippen LogP contribution < -0.4 is 5.73 Å². The Hall–Kier alpha value is -3.35. The molecule has 4 rings (SSSR count). The van der Waals surface area contributed by atoms with Crippen LogP contribution in [-0.4, -0.2) is 29.3 Å². The van der Waals surface area contributed by atoms with Gasteiger partial charge in [-0.15, -0.1) is 0 Å². The Kier molecular flexibility index (Phi) is 2.80. The minimum Gasteiger partial charge on any atom is -0.507 e. The zero-order valence-electron chi connectivity index (χ0n) is 12.4. The number of nitrogens with two attached hydrogens (primary N) is 1. The molecule has 0 radical (unpaired) electrons. The van der Waals surface area contributed by atoms with Crippen LogP contribution in [0.3, 0.4) is 0 Å². The standard InChI is InChI=1S/C16H14N6O/c1-21-7-10(6-18-21)12-8-22-9-13(19-16(22)20-15(12)17)11-4-2-3-5-14(11)23/h2-9,23H,1H3,(H2,17,19,20). The van der Waals surface area contributed by atoms with Crippen LogP contribution in [0.15, 0.2) is 49.1 Å². The van der Waals surface area contributed by atoms with E-state index in [9.17, 15) is 5.11 Å². The number of aromatic nitrogens is 5. The molecule has 0 spiro atoms. The SMILES string of the molecule is Cn1cc(-c2cn3cc(-c4ccccc4O)nc3nc2N)cn1. The first-order chi connectivity index (χ1) is 11.1. The number of aryl methyl sites for hydroxylation is 1. The first kappa shape index (κ1) is 13.3. The minimum absolute atomic E-state index is 0.177. The van der Waals surface area contributed by atoms with Crippen LogP contribution in [0.2, 0.25) is 0 Å². The molecular formula is C16H14N6O. The first-order valence-electron chi connectivity index (χ1n) is 7.04. The number of benzene rings is 1. The van der Waals surface area contributed by atoms with Crippen LogP contribution >= 0.6 is 0 Å². The summed E-state index contributed by atoms with van der Waals surface area (Å²) in [6, 6.07) is 7.05. The average Bonchev–Trinajstić information content (AvgIpc) is 3.12. The Bertz CT molecular complexity index is 1020. The molecule has 0 aliphatic rings. The van der Waals surface area contributed by atoms with Crippen molar-refractivity contribution in [2.24, 2.45) is 7.05 Å². The summed E-state index contributed by atoms with van der Waals surface area (Å²) in [7, 11) is 1.85. The van der Waals surface area contributed by atoms with Crippen molar-refractivity contribution in [1.29, 1.82) is 0 Å². The molecule has 0 aliphatic carbocycles. The lowest BCUT2D eigenvalue weighted by molar-refractivity contribution is 0.477. The molecule has 114 valence electrons. The molecule has 0 saturated carbocycles. The number of fused-ring (bicyclic) bond motifs is 1. The summed E-state index contributed by atoms with van der Waals surface area (Å²) in [5.41, 5.74) is 9.01. The summed E-state index contributed by atoms with van der Waals surface area (Å²) >= 11 is 0. The van der Waals surface area contributed by atoms with Crippen LogP contribution in [0.1, 0.15) is 0 Å². The third-order valence-corrected chi connectivity index (χ3v) is 3.67. The Labute approximate surface area is 131 Å². The van der Waals surface area contributed by atoms with Gasteiger partial charge in [-0.25, -0.2) is 4.98 Å². The molecule has 0 aliphatic heterocycles. The molecule has 4 aromatic rings. The highest BCUT2D eigenvalue weighted by molar-refractivity contribution is 5.74. The average molecular weight is 306 g/mol. The number of para-hydroxylation sites is 1. The highest BCUT2D eigenvalue weighted by Gasteiger charge is 2.13. The van der Waals surface area contributed by atoms with Crippen molar-refractivity contribution in [1.82, 2.24) is 24.1 Å². The van der Waals surface area contributed by atoms with Gasteiger partial charge in [-0.3, -0.25) is 9.08 Å². The maximum Gasteiger partial charge on any atom is 0.236 e. The lowest BCUT2D eigenvalue weighted by Crippen LogP contribution is -1.98. The largest absolute Gasteiger partial charge is 0.507 e. The summed E-state index contributed by atoms with van der Waals surface area (Å²) < 4.78 is 3.50. The highest BCUT2D eigenvalue weighted by atomic mass is 16.3. The summed E-state index contributed by atoms with van der Waals surface area (Å²) in [4.78, 5) is 8.78. The van der Waals surface area contributed by atoms with E-state index >= 15 is 0 Å². The van der Waals surface area contributed by atoms with Crippen LogP contribution in [0, 0.1) is 0 Å². The van der Waals surface area contributed by atoms with Crippen molar-refractivity contribution in [2.75, 3.05) is 5.73 Å². The monoisotopic (exact) mass is 306 g/mol. The van der Waals surface area contributed by atoms with E-state index in [4.69, 9.17) is 5.73 Å². The Morgan fingerprint density at radius 3 is 2.61 bits per heavy atom. The Morgan fingerprint density at radius 1 is 1.04 bits per heavy atom. The predicted octanol–water partition coefficient (Wildman–Crippen LogP) is 2.08. The zero-order chi connectivity index (χ0) is 16.0. The van der Waals surface area contributed by atoms with Gasteiger partial charge in [0.1, 0.15) is 11.6 Å². The molecule has 23 heavy (non-hydrogen) atoms. The quantitative estimate of drug-likeness (QED) is 0.591. The van der Waals surface area contributed by atoms with Gasteiger partial charge in [0.2, 0.25) is 5.78 Å². The molecule has 7 nitrogen and oxygen atoms in total. The summed E-state index contributed by atoms with van der Waals surface area (Å²) in [6.07, 6.45) is 7.29. The van der Waals surface area contributed by atoms with Gasteiger partial charge in [-0.05, 0) is 12.1 Å². The molecule has 3 heterocycles. The minimum atomic E-state index is 0.177. The number of phenols is 1. The number of imidazole rings is 1. The van der Waals surface area contributed by atoms with E-state index in [1.54, 1.807) is 27.4 Å². The molecule has 0 saturated heterocycles. The van der Waals surface area contributed by atoms with Crippen molar-refractivity contribution >= 4 is 11.6 Å². The van der Waals surface area contributed by atoms with Crippen molar-refractivity contribution < 1.29 is 5.11 Å². The second kappa shape index (κ2) is 4.84. The summed E-state index contributed by atoms with van der Waals surface area (Å²) in [5, 5.41) is 14.1. The molecule has 7 heteroatoms. The third-order valence-electron chi connectivity index (χ3n) is 3.67. The number of nitrogens with zero attached hydrogens (tertiary/aromatic N) is 5. The lowest BCUT2D eigenvalue weighted by Gasteiger charge is -2.02. The van der Waals surface area contributed by atoms with E-state index in [0.29, 0.717) is 22.9 Å².